The number of carbonyl (C=O) groups excluding carboxylic acids is 2. The highest BCUT2D eigenvalue weighted by Crippen LogP contribution is 2.29. The van der Waals surface area contributed by atoms with Gasteiger partial charge in [-0.15, -0.1) is 0 Å². The maximum atomic E-state index is 12.6. The minimum atomic E-state index is -0.823. The third-order valence-corrected chi connectivity index (χ3v) is 3.97. The highest BCUT2D eigenvalue weighted by Gasteiger charge is 2.37. The predicted molar refractivity (Wildman–Crippen MR) is 85.2 cm³/mol. The smallest absolute Gasteiger partial charge is 0.222 e. The molecule has 25 heavy (non-hydrogen) atoms. The zero-order chi connectivity index (χ0) is 18.2. The van der Waals surface area contributed by atoms with Crippen LogP contribution in [0, 0.1) is 22.7 Å². The van der Waals surface area contributed by atoms with Crippen molar-refractivity contribution in [2.24, 2.45) is 0 Å². The van der Waals surface area contributed by atoms with Crippen molar-refractivity contribution in [1.82, 2.24) is 4.90 Å². The molecule has 2 aliphatic rings. The van der Waals surface area contributed by atoms with Crippen LogP contribution in [0.2, 0.25) is 0 Å². The molecule has 1 saturated heterocycles. The lowest BCUT2D eigenvalue weighted by Crippen LogP contribution is -2.38. The summed E-state index contributed by atoms with van der Waals surface area (Å²) in [4.78, 5) is 26.4. The van der Waals surface area contributed by atoms with Crippen molar-refractivity contribution in [1.29, 1.82) is 10.5 Å². The molecule has 0 saturated carbocycles. The Morgan fingerprint density at radius 1 is 0.800 bits per heavy atom. The van der Waals surface area contributed by atoms with Crippen molar-refractivity contribution in [2.75, 3.05) is 52.7 Å². The first-order chi connectivity index (χ1) is 12.1. The number of ketones is 2. The standard InChI is InChI=1S/C16H16ClN3O5/c17-13-14(16(22)12(10-19)11(9-18)15(13)21)20-1-3-23-5-7-25-8-6-24-4-2-20/h1-8H2. The summed E-state index contributed by atoms with van der Waals surface area (Å²) in [6, 6.07) is 3.21. The van der Waals surface area contributed by atoms with Gasteiger partial charge in [-0.2, -0.15) is 10.5 Å². The summed E-state index contributed by atoms with van der Waals surface area (Å²) in [6.07, 6.45) is 0. The normalized spacial score (nSPS) is 21.3. The minimum absolute atomic E-state index is 0.0947. The van der Waals surface area contributed by atoms with Gasteiger partial charge in [0.15, 0.2) is 0 Å². The van der Waals surface area contributed by atoms with Gasteiger partial charge in [0, 0.05) is 13.1 Å². The molecule has 132 valence electrons. The molecule has 0 unspecified atom stereocenters. The monoisotopic (exact) mass is 365 g/mol. The van der Waals surface area contributed by atoms with Crippen LogP contribution in [0.3, 0.4) is 0 Å². The molecule has 0 amide bonds. The van der Waals surface area contributed by atoms with Crippen LogP contribution < -0.4 is 0 Å². The molecule has 0 aromatic carbocycles. The van der Waals surface area contributed by atoms with Crippen LogP contribution in [-0.2, 0) is 23.8 Å². The van der Waals surface area contributed by atoms with Crippen LogP contribution in [0.1, 0.15) is 0 Å². The minimum Gasteiger partial charge on any atom is -0.377 e. The Labute approximate surface area is 149 Å². The summed E-state index contributed by atoms with van der Waals surface area (Å²) in [7, 11) is 0. The molecule has 1 aliphatic carbocycles. The van der Waals surface area contributed by atoms with Gasteiger partial charge in [0.25, 0.3) is 0 Å². The Morgan fingerprint density at radius 2 is 1.24 bits per heavy atom. The van der Waals surface area contributed by atoms with Crippen LogP contribution in [0.5, 0.6) is 0 Å². The quantitative estimate of drug-likeness (QED) is 0.609. The Hall–Kier alpha value is -2.23. The molecule has 2 rings (SSSR count). The number of carbonyl (C=O) groups is 2. The van der Waals surface area contributed by atoms with Gasteiger partial charge in [-0.1, -0.05) is 11.6 Å². The lowest BCUT2D eigenvalue weighted by atomic mass is 9.93. The molecule has 0 aromatic heterocycles. The van der Waals surface area contributed by atoms with E-state index in [1.807, 2.05) is 0 Å². The van der Waals surface area contributed by atoms with E-state index < -0.39 is 22.7 Å². The molecule has 0 bridgehead atoms. The number of halogens is 1. The van der Waals surface area contributed by atoms with E-state index in [1.54, 1.807) is 17.0 Å². The predicted octanol–water partition coefficient (Wildman–Crippen LogP) is 0.298. The molecule has 1 fully saturated rings. The van der Waals surface area contributed by atoms with Crippen LogP contribution >= 0.6 is 11.6 Å². The van der Waals surface area contributed by atoms with Crippen molar-refractivity contribution < 1.29 is 23.8 Å². The molecular weight excluding hydrogens is 350 g/mol. The van der Waals surface area contributed by atoms with Crippen LogP contribution in [0.25, 0.3) is 0 Å². The molecule has 9 heteroatoms. The van der Waals surface area contributed by atoms with Gasteiger partial charge in [-0.3, -0.25) is 9.59 Å². The van der Waals surface area contributed by atoms with Crippen molar-refractivity contribution in [3.63, 3.8) is 0 Å². The SMILES string of the molecule is N#CC1=C(C#N)C(=O)C(N2CCOCCOCCOCC2)=C(Cl)C1=O. The van der Waals surface area contributed by atoms with Crippen molar-refractivity contribution in [3.05, 3.63) is 21.9 Å². The molecule has 0 atom stereocenters. The number of allylic oxidation sites excluding steroid dienone is 3. The van der Waals surface area contributed by atoms with E-state index in [2.05, 4.69) is 0 Å². The zero-order valence-corrected chi connectivity index (χ0v) is 14.2. The molecule has 1 aliphatic heterocycles. The Bertz CT molecular complexity index is 690. The lowest BCUT2D eigenvalue weighted by molar-refractivity contribution is -0.117. The largest absolute Gasteiger partial charge is 0.377 e. The van der Waals surface area contributed by atoms with Crippen LogP contribution in [0.4, 0.5) is 0 Å². The first-order valence-corrected chi connectivity index (χ1v) is 8.01. The Balaban J connectivity index is 2.27. The van der Waals surface area contributed by atoms with E-state index in [-0.39, 0.29) is 37.0 Å². The average molecular weight is 366 g/mol. The van der Waals surface area contributed by atoms with Gasteiger partial charge >= 0.3 is 0 Å². The Kier molecular flexibility index (Phi) is 7.11. The Morgan fingerprint density at radius 3 is 1.72 bits per heavy atom. The number of nitriles is 2. The van der Waals surface area contributed by atoms with Gasteiger partial charge in [0.1, 0.15) is 34.0 Å². The number of hydrogen-bond acceptors (Lipinski definition) is 8. The third-order valence-electron chi connectivity index (χ3n) is 3.62. The van der Waals surface area contributed by atoms with Gasteiger partial charge in [0.05, 0.1) is 39.6 Å². The van der Waals surface area contributed by atoms with Gasteiger partial charge < -0.3 is 19.1 Å². The van der Waals surface area contributed by atoms with E-state index in [1.165, 1.54) is 0 Å². The highest BCUT2D eigenvalue weighted by atomic mass is 35.5. The van der Waals surface area contributed by atoms with E-state index in [4.69, 9.17) is 36.3 Å². The summed E-state index contributed by atoms with van der Waals surface area (Å²) < 4.78 is 16.1. The van der Waals surface area contributed by atoms with Crippen LogP contribution in [-0.4, -0.2) is 69.2 Å². The molecule has 1 heterocycles. The van der Waals surface area contributed by atoms with Crippen molar-refractivity contribution in [3.8, 4) is 12.1 Å². The summed E-state index contributed by atoms with van der Waals surface area (Å²) in [5.41, 5.74) is -1.11. The van der Waals surface area contributed by atoms with E-state index in [0.717, 1.165) is 0 Å². The lowest BCUT2D eigenvalue weighted by Gasteiger charge is -2.29. The average Bonchev–Trinajstić information content (AvgIpc) is 2.59. The fraction of sp³-hybridized carbons (Fsp3) is 0.500. The maximum Gasteiger partial charge on any atom is 0.222 e. The highest BCUT2D eigenvalue weighted by molar-refractivity contribution is 6.50. The second-order valence-corrected chi connectivity index (χ2v) is 5.50. The second-order valence-electron chi connectivity index (χ2n) is 5.12. The molecule has 8 nitrogen and oxygen atoms in total. The molecule has 0 N–H and O–H groups in total. The van der Waals surface area contributed by atoms with Crippen LogP contribution in [0.15, 0.2) is 21.9 Å². The molecule has 0 spiro atoms. The number of rotatable bonds is 1. The van der Waals surface area contributed by atoms with Gasteiger partial charge in [-0.25, -0.2) is 0 Å². The first-order valence-electron chi connectivity index (χ1n) is 7.63. The topological polar surface area (TPSA) is 113 Å². The zero-order valence-electron chi connectivity index (χ0n) is 13.4. The van der Waals surface area contributed by atoms with E-state index >= 15 is 0 Å². The number of hydrogen-bond donors (Lipinski definition) is 0. The van der Waals surface area contributed by atoms with E-state index in [0.29, 0.717) is 26.4 Å². The second kappa shape index (κ2) is 9.30. The summed E-state index contributed by atoms with van der Waals surface area (Å²) in [6.45, 7) is 2.71. The third kappa shape index (κ3) is 4.44. The van der Waals surface area contributed by atoms with Crippen molar-refractivity contribution >= 4 is 23.2 Å². The summed E-state index contributed by atoms with van der Waals surface area (Å²) in [5.74, 6) is -1.56. The maximum absolute atomic E-state index is 12.6. The molecule has 0 radical (unpaired) electrons. The molecule has 0 aromatic rings. The summed E-state index contributed by atoms with van der Waals surface area (Å²) >= 11 is 6.05. The van der Waals surface area contributed by atoms with Gasteiger partial charge in [-0.05, 0) is 0 Å². The molecular formula is C16H16ClN3O5. The van der Waals surface area contributed by atoms with Gasteiger partial charge in [0.2, 0.25) is 11.6 Å². The van der Waals surface area contributed by atoms with Crippen molar-refractivity contribution in [2.45, 2.75) is 0 Å². The number of ether oxygens (including phenoxy) is 3. The number of Topliss-reactive ketones (excluding diaryl/α,β-unsaturated/α-hetero) is 2. The first kappa shape index (κ1) is 19.1. The van der Waals surface area contributed by atoms with E-state index in [9.17, 15) is 9.59 Å². The fourth-order valence-electron chi connectivity index (χ4n) is 2.38. The number of nitrogens with zero attached hydrogens (tertiary/aromatic N) is 3. The summed E-state index contributed by atoms with van der Waals surface area (Å²) in [5, 5.41) is 17.8. The fourth-order valence-corrected chi connectivity index (χ4v) is 2.68.